The van der Waals surface area contributed by atoms with Gasteiger partial charge in [-0.3, -0.25) is 4.98 Å². The highest BCUT2D eigenvalue weighted by Crippen LogP contribution is 2.15. The number of hydrogen-bond acceptors (Lipinski definition) is 5. The predicted molar refractivity (Wildman–Crippen MR) is 60.3 cm³/mol. The van der Waals surface area contributed by atoms with Gasteiger partial charge in [0, 0.05) is 12.2 Å². The molecule has 1 aromatic heterocycles. The van der Waals surface area contributed by atoms with Crippen molar-refractivity contribution in [3.63, 3.8) is 0 Å². The van der Waals surface area contributed by atoms with Crippen molar-refractivity contribution in [2.24, 2.45) is 5.73 Å². The second-order valence-electron chi connectivity index (χ2n) is 3.29. The number of rotatable bonds is 7. The van der Waals surface area contributed by atoms with E-state index in [0.717, 1.165) is 11.4 Å². The molecule has 0 aliphatic carbocycles. The molecule has 1 heterocycles. The first kappa shape index (κ1) is 12.9. The molecule has 0 saturated heterocycles. The summed E-state index contributed by atoms with van der Waals surface area (Å²) in [5, 5.41) is 8.50. The van der Waals surface area contributed by atoms with E-state index in [1.165, 1.54) is 0 Å². The Morgan fingerprint density at radius 1 is 1.31 bits per heavy atom. The van der Waals surface area contributed by atoms with Gasteiger partial charge in [-0.05, 0) is 19.1 Å². The first-order valence-corrected chi connectivity index (χ1v) is 5.26. The van der Waals surface area contributed by atoms with Gasteiger partial charge in [0.25, 0.3) is 0 Å². The molecule has 1 aromatic rings. The van der Waals surface area contributed by atoms with E-state index >= 15 is 0 Å². The number of aryl methyl sites for hydroxylation is 1. The molecule has 3 N–H and O–H groups in total. The average Bonchev–Trinajstić information content (AvgIpc) is 2.30. The normalized spacial score (nSPS) is 10.4. The number of aromatic nitrogens is 1. The van der Waals surface area contributed by atoms with E-state index in [1.807, 2.05) is 19.1 Å². The fraction of sp³-hybridized carbons (Fsp3) is 0.545. The van der Waals surface area contributed by atoms with Crippen LogP contribution in [-0.4, -0.2) is 36.5 Å². The lowest BCUT2D eigenvalue weighted by Gasteiger charge is -2.10. The first-order chi connectivity index (χ1) is 7.77. The molecule has 5 nitrogen and oxygen atoms in total. The molecule has 90 valence electrons. The Kier molecular flexibility index (Phi) is 5.77. The molecule has 0 saturated carbocycles. The van der Waals surface area contributed by atoms with Crippen molar-refractivity contribution in [1.82, 2.24) is 4.98 Å². The third-order valence-electron chi connectivity index (χ3n) is 1.99. The van der Waals surface area contributed by atoms with Crippen LogP contribution in [0.1, 0.15) is 11.4 Å². The highest BCUT2D eigenvalue weighted by molar-refractivity contribution is 5.29. The Hall–Kier alpha value is -1.17. The molecule has 5 heteroatoms. The van der Waals surface area contributed by atoms with Crippen LogP contribution < -0.4 is 10.5 Å². The fourth-order valence-corrected chi connectivity index (χ4v) is 1.25. The molecular weight excluding hydrogens is 208 g/mol. The summed E-state index contributed by atoms with van der Waals surface area (Å²) in [5.74, 6) is 0.695. The van der Waals surface area contributed by atoms with Crippen molar-refractivity contribution in [3.05, 3.63) is 23.5 Å². The summed E-state index contributed by atoms with van der Waals surface area (Å²) in [4.78, 5) is 4.28. The van der Waals surface area contributed by atoms with E-state index in [4.69, 9.17) is 20.3 Å². The molecule has 1 rings (SSSR count). The first-order valence-electron chi connectivity index (χ1n) is 5.26. The molecule has 0 aliphatic rings. The molecule has 0 fully saturated rings. The molecule has 0 bridgehead atoms. The monoisotopic (exact) mass is 226 g/mol. The Morgan fingerprint density at radius 2 is 2.12 bits per heavy atom. The Balaban J connectivity index is 2.41. The van der Waals surface area contributed by atoms with E-state index in [0.29, 0.717) is 32.1 Å². The number of nitrogens with two attached hydrogens (primary N) is 1. The SMILES string of the molecule is Cc1ccc(OCCOCCO)c(CN)n1. The summed E-state index contributed by atoms with van der Waals surface area (Å²) in [6.45, 7) is 3.50. The summed E-state index contributed by atoms with van der Waals surface area (Å²) < 4.78 is 10.6. The highest BCUT2D eigenvalue weighted by Gasteiger charge is 2.03. The minimum Gasteiger partial charge on any atom is -0.489 e. The lowest BCUT2D eigenvalue weighted by molar-refractivity contribution is 0.0702. The lowest BCUT2D eigenvalue weighted by atomic mass is 10.3. The Morgan fingerprint density at radius 3 is 2.81 bits per heavy atom. The van der Waals surface area contributed by atoms with Crippen LogP contribution in [0.15, 0.2) is 12.1 Å². The van der Waals surface area contributed by atoms with Gasteiger partial charge in [0.05, 0.1) is 25.5 Å². The Labute approximate surface area is 95.2 Å². The third kappa shape index (κ3) is 4.14. The van der Waals surface area contributed by atoms with Crippen molar-refractivity contribution in [1.29, 1.82) is 0 Å². The van der Waals surface area contributed by atoms with Crippen LogP contribution in [0.4, 0.5) is 0 Å². The van der Waals surface area contributed by atoms with Gasteiger partial charge in [-0.15, -0.1) is 0 Å². The minimum atomic E-state index is 0.0279. The molecule has 0 amide bonds. The number of hydrogen-bond donors (Lipinski definition) is 2. The van der Waals surface area contributed by atoms with Crippen molar-refractivity contribution in [3.8, 4) is 5.75 Å². The van der Waals surface area contributed by atoms with Crippen molar-refractivity contribution in [2.75, 3.05) is 26.4 Å². The molecule has 0 aromatic carbocycles. The maximum Gasteiger partial charge on any atom is 0.142 e. The van der Waals surface area contributed by atoms with Crippen molar-refractivity contribution >= 4 is 0 Å². The number of aliphatic hydroxyl groups excluding tert-OH is 1. The van der Waals surface area contributed by atoms with Crippen LogP contribution in [0, 0.1) is 6.92 Å². The largest absolute Gasteiger partial charge is 0.489 e. The minimum absolute atomic E-state index is 0.0279. The molecule has 16 heavy (non-hydrogen) atoms. The molecule has 0 unspecified atom stereocenters. The topological polar surface area (TPSA) is 77.6 Å². The van der Waals surface area contributed by atoms with E-state index in [2.05, 4.69) is 4.98 Å². The van der Waals surface area contributed by atoms with E-state index in [-0.39, 0.29) is 6.61 Å². The van der Waals surface area contributed by atoms with E-state index in [9.17, 15) is 0 Å². The van der Waals surface area contributed by atoms with Crippen LogP contribution in [0.3, 0.4) is 0 Å². The quantitative estimate of drug-likeness (QED) is 0.651. The van der Waals surface area contributed by atoms with Gasteiger partial charge >= 0.3 is 0 Å². The standard InChI is InChI=1S/C11H18N2O3/c1-9-2-3-11(10(8-12)13-9)16-7-6-15-5-4-14/h2-3,14H,4-8,12H2,1H3. The van der Waals surface area contributed by atoms with Crippen LogP contribution in [-0.2, 0) is 11.3 Å². The summed E-state index contributed by atoms with van der Waals surface area (Å²) in [6, 6.07) is 3.74. The van der Waals surface area contributed by atoms with Gasteiger partial charge in [-0.2, -0.15) is 0 Å². The summed E-state index contributed by atoms with van der Waals surface area (Å²) in [7, 11) is 0. The van der Waals surface area contributed by atoms with E-state index < -0.39 is 0 Å². The molecular formula is C11H18N2O3. The summed E-state index contributed by atoms with van der Waals surface area (Å²) in [5.41, 5.74) is 7.24. The second kappa shape index (κ2) is 7.16. The molecule has 0 atom stereocenters. The zero-order valence-electron chi connectivity index (χ0n) is 9.48. The summed E-state index contributed by atoms with van der Waals surface area (Å²) >= 11 is 0. The zero-order chi connectivity index (χ0) is 11.8. The number of nitrogens with zero attached hydrogens (tertiary/aromatic N) is 1. The van der Waals surface area contributed by atoms with Crippen molar-refractivity contribution < 1.29 is 14.6 Å². The number of ether oxygens (including phenoxy) is 2. The zero-order valence-corrected chi connectivity index (χ0v) is 9.48. The number of aliphatic hydroxyl groups is 1. The third-order valence-corrected chi connectivity index (χ3v) is 1.99. The number of pyridine rings is 1. The fourth-order valence-electron chi connectivity index (χ4n) is 1.25. The second-order valence-corrected chi connectivity index (χ2v) is 3.29. The van der Waals surface area contributed by atoms with Crippen LogP contribution >= 0.6 is 0 Å². The van der Waals surface area contributed by atoms with Gasteiger partial charge in [-0.1, -0.05) is 0 Å². The maximum atomic E-state index is 8.50. The smallest absolute Gasteiger partial charge is 0.142 e. The van der Waals surface area contributed by atoms with Crippen LogP contribution in [0.25, 0.3) is 0 Å². The van der Waals surface area contributed by atoms with Gasteiger partial charge < -0.3 is 20.3 Å². The average molecular weight is 226 g/mol. The van der Waals surface area contributed by atoms with Gasteiger partial charge in [0.15, 0.2) is 0 Å². The van der Waals surface area contributed by atoms with Gasteiger partial charge in [0.2, 0.25) is 0 Å². The molecule has 0 radical (unpaired) electrons. The van der Waals surface area contributed by atoms with Crippen LogP contribution in [0.2, 0.25) is 0 Å². The molecule has 0 aliphatic heterocycles. The van der Waals surface area contributed by atoms with Crippen LogP contribution in [0.5, 0.6) is 5.75 Å². The highest BCUT2D eigenvalue weighted by atomic mass is 16.5. The predicted octanol–water partition coefficient (Wildman–Crippen LogP) is 0.236. The van der Waals surface area contributed by atoms with Gasteiger partial charge in [0.1, 0.15) is 12.4 Å². The van der Waals surface area contributed by atoms with Crippen molar-refractivity contribution in [2.45, 2.75) is 13.5 Å². The summed E-state index contributed by atoms with van der Waals surface area (Å²) in [6.07, 6.45) is 0. The Bertz CT molecular complexity index is 318. The molecule has 0 spiro atoms. The maximum absolute atomic E-state index is 8.50. The van der Waals surface area contributed by atoms with E-state index in [1.54, 1.807) is 0 Å². The van der Waals surface area contributed by atoms with Gasteiger partial charge in [-0.25, -0.2) is 0 Å². The lowest BCUT2D eigenvalue weighted by Crippen LogP contribution is -2.11.